The first-order chi connectivity index (χ1) is 12.9. The summed E-state index contributed by atoms with van der Waals surface area (Å²) in [5, 5.41) is 16.6. The number of carbonyl (C=O) groups is 1. The summed E-state index contributed by atoms with van der Waals surface area (Å²) in [6.07, 6.45) is 0. The molecule has 0 bridgehead atoms. The average molecular weight is 401 g/mol. The molecule has 1 atom stereocenters. The Morgan fingerprint density at radius 1 is 1.00 bits per heavy atom. The molecular weight excluding hydrogens is 383 g/mol. The normalized spacial score (nSPS) is 11.7. The Bertz CT molecular complexity index is 976. The van der Waals surface area contributed by atoms with Crippen molar-refractivity contribution in [2.45, 2.75) is 13.0 Å². The first kappa shape index (κ1) is 19.1. The number of phenols is 1. The molecule has 3 N–H and O–H groups in total. The van der Waals surface area contributed by atoms with Crippen LogP contribution in [0.3, 0.4) is 0 Å². The van der Waals surface area contributed by atoms with Crippen LogP contribution >= 0.6 is 23.2 Å². The number of nitrogens with one attached hydrogen (secondary N) is 2. The van der Waals surface area contributed by atoms with Crippen molar-refractivity contribution >= 4 is 40.5 Å². The van der Waals surface area contributed by atoms with Crippen LogP contribution in [0.4, 0.5) is 11.4 Å². The Kier molecular flexibility index (Phi) is 5.89. The van der Waals surface area contributed by atoms with Crippen LogP contribution in [0.5, 0.6) is 5.75 Å². The Morgan fingerprint density at radius 3 is 2.48 bits per heavy atom. The fourth-order valence-corrected chi connectivity index (χ4v) is 3.22. The molecule has 0 radical (unpaired) electrons. The van der Waals surface area contributed by atoms with Gasteiger partial charge in [0.1, 0.15) is 11.8 Å². The van der Waals surface area contributed by atoms with Crippen molar-refractivity contribution in [3.8, 4) is 5.75 Å². The van der Waals surface area contributed by atoms with Crippen LogP contribution in [-0.2, 0) is 4.79 Å². The van der Waals surface area contributed by atoms with E-state index < -0.39 is 6.04 Å². The lowest BCUT2D eigenvalue weighted by Crippen LogP contribution is -2.28. The van der Waals surface area contributed by atoms with Gasteiger partial charge in [0.2, 0.25) is 0 Å². The van der Waals surface area contributed by atoms with Crippen LogP contribution in [0.2, 0.25) is 10.0 Å². The maximum atomic E-state index is 13.0. The Labute approximate surface area is 167 Å². The molecule has 0 saturated carbocycles. The van der Waals surface area contributed by atoms with Crippen molar-refractivity contribution < 1.29 is 9.90 Å². The fraction of sp³-hybridized carbons (Fsp3) is 0.0952. The van der Waals surface area contributed by atoms with Gasteiger partial charge >= 0.3 is 0 Å². The molecule has 3 rings (SSSR count). The van der Waals surface area contributed by atoms with Crippen LogP contribution in [0.25, 0.3) is 0 Å². The maximum absolute atomic E-state index is 13.0. The summed E-state index contributed by atoms with van der Waals surface area (Å²) in [6.45, 7) is 1.94. The second-order valence-corrected chi connectivity index (χ2v) is 6.94. The molecule has 3 aromatic rings. The van der Waals surface area contributed by atoms with Gasteiger partial charge in [-0.1, -0.05) is 53.5 Å². The number of phenolic OH excluding ortho intramolecular Hbond substituents is 1. The van der Waals surface area contributed by atoms with Crippen LogP contribution in [-0.4, -0.2) is 11.0 Å². The van der Waals surface area contributed by atoms with Crippen LogP contribution in [0.1, 0.15) is 17.2 Å². The van der Waals surface area contributed by atoms with Crippen molar-refractivity contribution in [2.75, 3.05) is 10.6 Å². The number of aromatic hydroxyl groups is 1. The average Bonchev–Trinajstić information content (AvgIpc) is 2.62. The predicted octanol–water partition coefficient (Wildman–Crippen LogP) is 5.80. The highest BCUT2D eigenvalue weighted by molar-refractivity contribution is 6.36. The molecule has 0 aliphatic rings. The van der Waals surface area contributed by atoms with Crippen molar-refractivity contribution in [1.82, 2.24) is 0 Å². The summed E-state index contributed by atoms with van der Waals surface area (Å²) in [6, 6.07) is 18.4. The number of aryl methyl sites for hydroxylation is 1. The Hall–Kier alpha value is -2.69. The lowest BCUT2D eigenvalue weighted by atomic mass is 10.00. The largest absolute Gasteiger partial charge is 0.508 e. The topological polar surface area (TPSA) is 61.4 Å². The van der Waals surface area contributed by atoms with Gasteiger partial charge in [-0.05, 0) is 48.4 Å². The lowest BCUT2D eigenvalue weighted by Gasteiger charge is -2.22. The van der Waals surface area contributed by atoms with Crippen molar-refractivity contribution in [2.24, 2.45) is 0 Å². The van der Waals surface area contributed by atoms with Crippen molar-refractivity contribution in [3.63, 3.8) is 0 Å². The molecule has 1 amide bonds. The van der Waals surface area contributed by atoms with E-state index in [1.54, 1.807) is 36.4 Å². The van der Waals surface area contributed by atoms with E-state index in [9.17, 15) is 9.90 Å². The summed E-state index contributed by atoms with van der Waals surface area (Å²) < 4.78 is 0. The van der Waals surface area contributed by atoms with Crippen LogP contribution in [0.15, 0.2) is 66.7 Å². The molecule has 4 nitrogen and oxygen atoms in total. The van der Waals surface area contributed by atoms with E-state index in [0.29, 0.717) is 21.4 Å². The molecule has 0 heterocycles. The number of hydrogen-bond donors (Lipinski definition) is 3. The Morgan fingerprint density at radius 2 is 1.78 bits per heavy atom. The molecule has 0 fully saturated rings. The second-order valence-electron chi connectivity index (χ2n) is 6.10. The van der Waals surface area contributed by atoms with E-state index >= 15 is 0 Å². The summed E-state index contributed by atoms with van der Waals surface area (Å²) in [7, 11) is 0. The van der Waals surface area contributed by atoms with Gasteiger partial charge in [-0.2, -0.15) is 0 Å². The zero-order valence-corrected chi connectivity index (χ0v) is 16.1. The number of rotatable bonds is 5. The molecule has 0 aliphatic heterocycles. The molecule has 0 saturated heterocycles. The minimum Gasteiger partial charge on any atom is -0.508 e. The van der Waals surface area contributed by atoms with Gasteiger partial charge in [-0.25, -0.2) is 0 Å². The third-order valence-corrected chi connectivity index (χ3v) is 4.65. The van der Waals surface area contributed by atoms with E-state index in [0.717, 1.165) is 11.1 Å². The van der Waals surface area contributed by atoms with Gasteiger partial charge in [-0.15, -0.1) is 0 Å². The summed E-state index contributed by atoms with van der Waals surface area (Å²) in [5.41, 5.74) is 2.88. The molecule has 0 aromatic heterocycles. The van der Waals surface area contributed by atoms with Gasteiger partial charge in [0.05, 0.1) is 10.7 Å². The zero-order valence-electron chi connectivity index (χ0n) is 14.5. The van der Waals surface area contributed by atoms with Gasteiger partial charge in [0.15, 0.2) is 0 Å². The van der Waals surface area contributed by atoms with Gasteiger partial charge < -0.3 is 15.7 Å². The minimum absolute atomic E-state index is 0.0777. The van der Waals surface area contributed by atoms with Gasteiger partial charge in [0, 0.05) is 16.8 Å². The second kappa shape index (κ2) is 8.33. The number of hydrogen-bond acceptors (Lipinski definition) is 3. The highest BCUT2D eigenvalue weighted by atomic mass is 35.5. The SMILES string of the molecule is Cc1ccccc1C(Nc1ccc(Cl)cc1Cl)C(=O)Nc1cccc(O)c1. The molecule has 27 heavy (non-hydrogen) atoms. The number of amides is 1. The zero-order chi connectivity index (χ0) is 19.4. The molecule has 0 spiro atoms. The molecule has 138 valence electrons. The molecular formula is C21H18Cl2N2O2. The molecule has 0 aliphatic carbocycles. The standard InChI is InChI=1S/C21H18Cl2N2O2/c1-13-5-2-3-8-17(13)20(25-19-10-9-14(22)11-18(19)23)21(27)24-15-6-4-7-16(26)12-15/h2-12,20,25-26H,1H3,(H,24,27). The maximum Gasteiger partial charge on any atom is 0.251 e. The van der Waals surface area contributed by atoms with E-state index in [1.807, 2.05) is 31.2 Å². The first-order valence-corrected chi connectivity index (χ1v) is 9.06. The van der Waals surface area contributed by atoms with Gasteiger partial charge in [-0.3, -0.25) is 4.79 Å². The van der Waals surface area contributed by atoms with E-state index in [4.69, 9.17) is 23.2 Å². The third-order valence-electron chi connectivity index (χ3n) is 4.11. The number of carbonyl (C=O) groups excluding carboxylic acids is 1. The Balaban J connectivity index is 1.94. The van der Waals surface area contributed by atoms with E-state index in [1.165, 1.54) is 6.07 Å². The summed E-state index contributed by atoms with van der Waals surface area (Å²) >= 11 is 12.2. The number of anilines is 2. The van der Waals surface area contributed by atoms with Gasteiger partial charge in [0.25, 0.3) is 5.91 Å². The van der Waals surface area contributed by atoms with Crippen molar-refractivity contribution in [3.05, 3.63) is 87.9 Å². The quantitative estimate of drug-likeness (QED) is 0.507. The monoisotopic (exact) mass is 400 g/mol. The molecule has 3 aromatic carbocycles. The number of halogens is 2. The summed E-state index contributed by atoms with van der Waals surface area (Å²) in [5.74, 6) is -0.199. The van der Waals surface area contributed by atoms with Crippen molar-refractivity contribution in [1.29, 1.82) is 0 Å². The first-order valence-electron chi connectivity index (χ1n) is 8.31. The van der Waals surface area contributed by atoms with Crippen LogP contribution < -0.4 is 10.6 Å². The minimum atomic E-state index is -0.688. The fourth-order valence-electron chi connectivity index (χ4n) is 2.76. The van der Waals surface area contributed by atoms with E-state index in [2.05, 4.69) is 10.6 Å². The number of benzene rings is 3. The lowest BCUT2D eigenvalue weighted by molar-refractivity contribution is -0.117. The summed E-state index contributed by atoms with van der Waals surface area (Å²) in [4.78, 5) is 13.0. The van der Waals surface area contributed by atoms with Crippen LogP contribution in [0, 0.1) is 6.92 Å². The highest BCUT2D eigenvalue weighted by Crippen LogP contribution is 2.30. The molecule has 1 unspecified atom stereocenters. The highest BCUT2D eigenvalue weighted by Gasteiger charge is 2.23. The third kappa shape index (κ3) is 4.73. The smallest absolute Gasteiger partial charge is 0.251 e. The predicted molar refractivity (Wildman–Crippen MR) is 111 cm³/mol. The molecule has 6 heteroatoms. The van der Waals surface area contributed by atoms with E-state index in [-0.39, 0.29) is 11.7 Å².